The number of benzene rings is 1. The van der Waals surface area contributed by atoms with Gasteiger partial charge in [-0.3, -0.25) is 4.98 Å². The molecule has 0 aliphatic rings. The maximum absolute atomic E-state index is 6.01. The van der Waals surface area contributed by atoms with Gasteiger partial charge >= 0.3 is 0 Å². The molecule has 144 valence electrons. The Morgan fingerprint density at radius 1 is 1.11 bits per heavy atom. The molecule has 0 fully saturated rings. The largest absolute Gasteiger partial charge is 0.493 e. The fourth-order valence-corrected chi connectivity index (χ4v) is 2.66. The number of nitrogens with zero attached hydrogens (tertiary/aromatic N) is 2. The van der Waals surface area contributed by atoms with Gasteiger partial charge < -0.3 is 14.3 Å². The van der Waals surface area contributed by atoms with Crippen molar-refractivity contribution in [3.8, 4) is 11.5 Å². The molecule has 1 aromatic heterocycles. The van der Waals surface area contributed by atoms with E-state index in [1.807, 2.05) is 57.2 Å². The summed E-state index contributed by atoms with van der Waals surface area (Å²) in [5.74, 6) is 1.81. The minimum absolute atomic E-state index is 0.582. The van der Waals surface area contributed by atoms with Gasteiger partial charge in [0.15, 0.2) is 0 Å². The Morgan fingerprint density at radius 2 is 1.89 bits per heavy atom. The van der Waals surface area contributed by atoms with E-state index in [9.17, 15) is 0 Å². The first-order valence-electron chi connectivity index (χ1n) is 9.13. The molecule has 5 nitrogen and oxygen atoms in total. The number of oxime groups is 1. The van der Waals surface area contributed by atoms with E-state index in [1.165, 1.54) is 7.11 Å². The van der Waals surface area contributed by atoms with E-state index in [1.54, 1.807) is 12.4 Å². The van der Waals surface area contributed by atoms with Crippen molar-refractivity contribution in [3.05, 3.63) is 65.0 Å². The summed E-state index contributed by atoms with van der Waals surface area (Å²) in [7, 11) is 1.52. The first-order valence-corrected chi connectivity index (χ1v) is 9.13. The Kier molecular flexibility index (Phi) is 8.36. The smallest absolute Gasteiger partial charge is 0.125 e. The SMILES string of the molecule is C/C=C/COc1cc(C)c(OCCCc2ccc(C=NOC)cn2)c(C)c1. The second-order valence-corrected chi connectivity index (χ2v) is 6.22. The summed E-state index contributed by atoms with van der Waals surface area (Å²) >= 11 is 0. The monoisotopic (exact) mass is 368 g/mol. The van der Waals surface area contributed by atoms with Crippen LogP contribution in [0.2, 0.25) is 0 Å². The lowest BCUT2D eigenvalue weighted by Crippen LogP contribution is -2.04. The number of pyridine rings is 1. The second kappa shape index (κ2) is 11.0. The highest BCUT2D eigenvalue weighted by molar-refractivity contribution is 5.78. The van der Waals surface area contributed by atoms with Gasteiger partial charge in [0.1, 0.15) is 25.2 Å². The molecule has 0 amide bonds. The van der Waals surface area contributed by atoms with Crippen molar-refractivity contribution in [2.75, 3.05) is 20.3 Å². The Hall–Kier alpha value is -2.82. The molecule has 0 aliphatic heterocycles. The zero-order chi connectivity index (χ0) is 19.5. The topological polar surface area (TPSA) is 52.9 Å². The normalized spacial score (nSPS) is 11.3. The molecule has 0 saturated carbocycles. The summed E-state index contributed by atoms with van der Waals surface area (Å²) in [5, 5.41) is 3.73. The summed E-state index contributed by atoms with van der Waals surface area (Å²) in [6.45, 7) is 7.31. The van der Waals surface area contributed by atoms with Crippen LogP contribution in [0.3, 0.4) is 0 Å². The van der Waals surface area contributed by atoms with E-state index in [2.05, 4.69) is 15.0 Å². The minimum Gasteiger partial charge on any atom is -0.493 e. The molecule has 0 atom stereocenters. The first kappa shape index (κ1) is 20.5. The third kappa shape index (κ3) is 6.77. The Bertz CT molecular complexity index is 745. The highest BCUT2D eigenvalue weighted by Crippen LogP contribution is 2.28. The van der Waals surface area contributed by atoms with E-state index in [-0.39, 0.29) is 0 Å². The van der Waals surface area contributed by atoms with Crippen molar-refractivity contribution in [1.29, 1.82) is 0 Å². The van der Waals surface area contributed by atoms with Crippen LogP contribution in [-0.2, 0) is 11.3 Å². The molecule has 0 spiro atoms. The summed E-state index contributed by atoms with van der Waals surface area (Å²) in [5.41, 5.74) is 4.13. The zero-order valence-electron chi connectivity index (χ0n) is 16.6. The maximum Gasteiger partial charge on any atom is 0.125 e. The molecule has 2 aromatic rings. The van der Waals surface area contributed by atoms with Crippen LogP contribution in [0, 0.1) is 13.8 Å². The number of aromatic nitrogens is 1. The summed E-state index contributed by atoms with van der Waals surface area (Å²) in [6.07, 6.45) is 9.16. The number of ether oxygens (including phenoxy) is 2. The Balaban J connectivity index is 1.83. The van der Waals surface area contributed by atoms with Gasteiger partial charge in [0.05, 0.1) is 12.8 Å². The fraction of sp³-hybridized carbons (Fsp3) is 0.364. The lowest BCUT2D eigenvalue weighted by molar-refractivity contribution is 0.215. The van der Waals surface area contributed by atoms with E-state index < -0.39 is 0 Å². The molecule has 27 heavy (non-hydrogen) atoms. The third-order valence-corrected chi connectivity index (χ3v) is 3.99. The molecule has 1 aromatic carbocycles. The van der Waals surface area contributed by atoms with Crippen LogP contribution in [0.1, 0.15) is 35.7 Å². The van der Waals surface area contributed by atoms with E-state index in [0.29, 0.717) is 13.2 Å². The van der Waals surface area contributed by atoms with Crippen molar-refractivity contribution < 1.29 is 14.3 Å². The van der Waals surface area contributed by atoms with Gasteiger partial charge in [-0.1, -0.05) is 17.3 Å². The molecular formula is C22H28N2O3. The second-order valence-electron chi connectivity index (χ2n) is 6.22. The number of allylic oxidation sites excluding steroid dienone is 1. The van der Waals surface area contributed by atoms with Crippen LogP contribution in [-0.4, -0.2) is 31.5 Å². The van der Waals surface area contributed by atoms with Crippen molar-refractivity contribution in [2.45, 2.75) is 33.6 Å². The lowest BCUT2D eigenvalue weighted by atomic mass is 10.1. The first-order chi connectivity index (χ1) is 13.1. The fourth-order valence-electron chi connectivity index (χ4n) is 2.66. The summed E-state index contributed by atoms with van der Waals surface area (Å²) < 4.78 is 11.7. The minimum atomic E-state index is 0.582. The van der Waals surface area contributed by atoms with E-state index in [4.69, 9.17) is 9.47 Å². The molecule has 2 rings (SSSR count). The van der Waals surface area contributed by atoms with Crippen molar-refractivity contribution in [1.82, 2.24) is 4.98 Å². The summed E-state index contributed by atoms with van der Waals surface area (Å²) in [4.78, 5) is 9.10. The highest BCUT2D eigenvalue weighted by Gasteiger charge is 2.07. The van der Waals surface area contributed by atoms with E-state index >= 15 is 0 Å². The van der Waals surface area contributed by atoms with Crippen molar-refractivity contribution in [2.24, 2.45) is 5.16 Å². The Labute approximate surface area is 161 Å². The third-order valence-electron chi connectivity index (χ3n) is 3.99. The maximum atomic E-state index is 6.01. The van der Waals surface area contributed by atoms with Gasteiger partial charge in [-0.05, 0) is 69.0 Å². The van der Waals surface area contributed by atoms with Crippen molar-refractivity contribution in [3.63, 3.8) is 0 Å². The predicted octanol–water partition coefficient (Wildman–Crippen LogP) is 4.65. The molecule has 0 bridgehead atoms. The molecular weight excluding hydrogens is 340 g/mol. The van der Waals surface area contributed by atoms with Crippen LogP contribution in [0.25, 0.3) is 0 Å². The van der Waals surface area contributed by atoms with Gasteiger partial charge in [0.25, 0.3) is 0 Å². The predicted molar refractivity (Wildman–Crippen MR) is 109 cm³/mol. The van der Waals surface area contributed by atoms with Crippen LogP contribution in [0.5, 0.6) is 11.5 Å². The van der Waals surface area contributed by atoms with Crippen LogP contribution < -0.4 is 9.47 Å². The van der Waals surface area contributed by atoms with Crippen molar-refractivity contribution >= 4 is 6.21 Å². The zero-order valence-corrected chi connectivity index (χ0v) is 16.6. The standard InChI is InChI=1S/C22H28N2O3/c1-5-6-11-26-21-13-17(2)22(18(3)14-21)27-12-7-8-20-10-9-19(15-23-20)16-24-25-4/h5-6,9-10,13-16H,7-8,11-12H2,1-4H3/b6-5+,24-16?. The number of rotatable bonds is 10. The lowest BCUT2D eigenvalue weighted by Gasteiger charge is -2.14. The number of hydrogen-bond acceptors (Lipinski definition) is 5. The summed E-state index contributed by atoms with van der Waals surface area (Å²) in [6, 6.07) is 8.03. The van der Waals surface area contributed by atoms with Gasteiger partial charge in [-0.25, -0.2) is 0 Å². The molecule has 0 N–H and O–H groups in total. The molecule has 5 heteroatoms. The van der Waals surface area contributed by atoms with Crippen LogP contribution in [0.4, 0.5) is 0 Å². The van der Waals surface area contributed by atoms with E-state index in [0.717, 1.165) is 46.7 Å². The van der Waals surface area contributed by atoms with Gasteiger partial charge in [-0.15, -0.1) is 0 Å². The average molecular weight is 368 g/mol. The quantitative estimate of drug-likeness (QED) is 0.265. The molecule has 0 unspecified atom stereocenters. The van der Waals surface area contributed by atoms with Crippen LogP contribution >= 0.6 is 0 Å². The molecule has 0 aliphatic carbocycles. The molecule has 0 radical (unpaired) electrons. The van der Waals surface area contributed by atoms with Gasteiger partial charge in [0, 0.05) is 17.5 Å². The number of aryl methyl sites for hydroxylation is 3. The molecule has 0 saturated heterocycles. The highest BCUT2D eigenvalue weighted by atomic mass is 16.6. The van der Waals surface area contributed by atoms with Gasteiger partial charge in [0.2, 0.25) is 0 Å². The van der Waals surface area contributed by atoms with Gasteiger partial charge in [-0.2, -0.15) is 0 Å². The number of hydrogen-bond donors (Lipinski definition) is 0. The molecule has 1 heterocycles. The van der Waals surface area contributed by atoms with Crippen LogP contribution in [0.15, 0.2) is 47.8 Å². The average Bonchev–Trinajstić information content (AvgIpc) is 2.66. The Morgan fingerprint density at radius 3 is 2.52 bits per heavy atom.